The summed E-state index contributed by atoms with van der Waals surface area (Å²) >= 11 is 1.91. The van der Waals surface area contributed by atoms with Crippen LogP contribution in [-0.4, -0.2) is 59.7 Å². The minimum atomic E-state index is -0.588. The molecular weight excluding hydrogens is 321 g/mol. The number of nitrogens with zero attached hydrogens (tertiary/aromatic N) is 2. The van der Waals surface area contributed by atoms with E-state index in [1.165, 1.54) is 12.1 Å². The van der Waals surface area contributed by atoms with Crippen LogP contribution in [0, 0.1) is 15.9 Å². The predicted octanol–water partition coefficient (Wildman–Crippen LogP) is 2.35. The normalized spacial score (nSPS) is 25.4. The maximum atomic E-state index is 14.0. The summed E-state index contributed by atoms with van der Waals surface area (Å²) in [7, 11) is 0. The third-order valence-electron chi connectivity index (χ3n) is 4.54. The van der Waals surface area contributed by atoms with Crippen LogP contribution in [0.1, 0.15) is 6.42 Å². The van der Waals surface area contributed by atoms with Gasteiger partial charge >= 0.3 is 0 Å². The second-order valence-electron chi connectivity index (χ2n) is 5.90. The van der Waals surface area contributed by atoms with E-state index in [1.807, 2.05) is 11.8 Å². The van der Waals surface area contributed by atoms with E-state index < -0.39 is 10.7 Å². The number of hydrogen-bond donors (Lipinski definition) is 1. The second kappa shape index (κ2) is 7.02. The number of rotatable bonds is 5. The van der Waals surface area contributed by atoms with Crippen LogP contribution in [0.15, 0.2) is 18.2 Å². The van der Waals surface area contributed by atoms with Crippen molar-refractivity contribution in [2.24, 2.45) is 0 Å². The summed E-state index contributed by atoms with van der Waals surface area (Å²) in [4.78, 5) is 12.5. The van der Waals surface area contributed by atoms with Gasteiger partial charge in [-0.2, -0.15) is 11.8 Å². The molecule has 2 heterocycles. The second-order valence-corrected chi connectivity index (χ2v) is 7.01. The maximum absolute atomic E-state index is 14.0. The van der Waals surface area contributed by atoms with Gasteiger partial charge in [-0.25, -0.2) is 4.39 Å². The molecule has 8 heteroatoms. The minimum Gasteiger partial charge on any atom is -0.381 e. The fourth-order valence-electron chi connectivity index (χ4n) is 3.16. The van der Waals surface area contributed by atoms with Gasteiger partial charge in [-0.15, -0.1) is 0 Å². The van der Waals surface area contributed by atoms with Gasteiger partial charge in [0.1, 0.15) is 0 Å². The van der Waals surface area contributed by atoms with Gasteiger partial charge in [0.15, 0.2) is 5.82 Å². The highest BCUT2D eigenvalue weighted by molar-refractivity contribution is 7.99. The van der Waals surface area contributed by atoms with Crippen molar-refractivity contribution in [1.29, 1.82) is 0 Å². The fourth-order valence-corrected chi connectivity index (χ4v) is 4.63. The van der Waals surface area contributed by atoms with Crippen LogP contribution in [0.25, 0.3) is 0 Å². The average molecular weight is 341 g/mol. The molecule has 2 aliphatic heterocycles. The SMILES string of the molecule is O=[N+]([O-])c1ccc(NCC2(N3CCOCC3)CCSC2)c(F)c1. The zero-order valence-corrected chi connectivity index (χ0v) is 13.6. The standard InChI is InChI=1S/C15H20FN3O3S/c16-13-9-12(19(20)21)1-2-14(13)17-10-15(3-8-23-11-15)18-4-6-22-7-5-18/h1-2,9,17H,3-8,10-11H2. The van der Waals surface area contributed by atoms with E-state index in [2.05, 4.69) is 10.2 Å². The lowest BCUT2D eigenvalue weighted by atomic mass is 9.95. The van der Waals surface area contributed by atoms with Crippen molar-refractivity contribution in [2.45, 2.75) is 12.0 Å². The molecule has 0 radical (unpaired) electrons. The van der Waals surface area contributed by atoms with Gasteiger partial charge in [-0.3, -0.25) is 15.0 Å². The Balaban J connectivity index is 1.70. The molecule has 0 aromatic heterocycles. The number of benzene rings is 1. The number of anilines is 1. The smallest absolute Gasteiger partial charge is 0.272 e. The Morgan fingerprint density at radius 3 is 2.83 bits per heavy atom. The summed E-state index contributed by atoms with van der Waals surface area (Å²) in [6.45, 7) is 3.89. The molecule has 6 nitrogen and oxygen atoms in total. The molecule has 1 N–H and O–H groups in total. The van der Waals surface area contributed by atoms with Crippen LogP contribution in [0.3, 0.4) is 0 Å². The van der Waals surface area contributed by atoms with E-state index in [0.29, 0.717) is 12.2 Å². The Bertz CT molecular complexity index is 575. The van der Waals surface area contributed by atoms with E-state index in [4.69, 9.17) is 4.74 Å². The number of thioether (sulfide) groups is 1. The van der Waals surface area contributed by atoms with Crippen molar-refractivity contribution < 1.29 is 14.1 Å². The Morgan fingerprint density at radius 1 is 1.43 bits per heavy atom. The molecule has 2 fully saturated rings. The van der Waals surface area contributed by atoms with Gasteiger partial charge in [-0.05, 0) is 18.2 Å². The van der Waals surface area contributed by atoms with Crippen LogP contribution < -0.4 is 5.32 Å². The molecule has 0 aliphatic carbocycles. The van der Waals surface area contributed by atoms with Crippen molar-refractivity contribution in [3.8, 4) is 0 Å². The van der Waals surface area contributed by atoms with Crippen LogP contribution in [0.4, 0.5) is 15.8 Å². The highest BCUT2D eigenvalue weighted by Crippen LogP contribution is 2.34. The zero-order valence-electron chi connectivity index (χ0n) is 12.8. The van der Waals surface area contributed by atoms with Crippen molar-refractivity contribution in [3.05, 3.63) is 34.1 Å². The van der Waals surface area contributed by atoms with Crippen molar-refractivity contribution in [3.63, 3.8) is 0 Å². The predicted molar refractivity (Wildman–Crippen MR) is 88.6 cm³/mol. The number of halogens is 1. The molecule has 1 unspecified atom stereocenters. The highest BCUT2D eigenvalue weighted by Gasteiger charge is 2.40. The summed E-state index contributed by atoms with van der Waals surface area (Å²) < 4.78 is 19.5. The Kier molecular flexibility index (Phi) is 5.03. The van der Waals surface area contributed by atoms with E-state index in [0.717, 1.165) is 50.3 Å². The van der Waals surface area contributed by atoms with Crippen LogP contribution in [0.2, 0.25) is 0 Å². The first kappa shape index (κ1) is 16.5. The molecule has 1 aromatic rings. The van der Waals surface area contributed by atoms with E-state index in [-0.39, 0.29) is 11.2 Å². The van der Waals surface area contributed by atoms with Crippen LogP contribution in [0.5, 0.6) is 0 Å². The van der Waals surface area contributed by atoms with Crippen molar-refractivity contribution >= 4 is 23.1 Å². The number of nitro groups is 1. The minimum absolute atomic E-state index is 0.00264. The molecule has 2 aliphatic rings. The number of morpholine rings is 1. The quantitative estimate of drug-likeness (QED) is 0.655. The molecule has 23 heavy (non-hydrogen) atoms. The number of non-ortho nitro benzene ring substituents is 1. The first-order valence-electron chi connectivity index (χ1n) is 7.69. The molecule has 0 saturated carbocycles. The Hall–Kier alpha value is -1.38. The summed E-state index contributed by atoms with van der Waals surface area (Å²) in [5.74, 6) is 1.53. The lowest BCUT2D eigenvalue weighted by molar-refractivity contribution is -0.385. The molecule has 126 valence electrons. The van der Waals surface area contributed by atoms with Crippen molar-refractivity contribution in [1.82, 2.24) is 4.90 Å². The van der Waals surface area contributed by atoms with Gasteiger partial charge in [0, 0.05) is 37.0 Å². The molecule has 0 bridgehead atoms. The highest BCUT2D eigenvalue weighted by atomic mass is 32.2. The van der Waals surface area contributed by atoms with Crippen LogP contribution >= 0.6 is 11.8 Å². The van der Waals surface area contributed by atoms with E-state index in [9.17, 15) is 14.5 Å². The largest absolute Gasteiger partial charge is 0.381 e. The Labute approximate surface area is 138 Å². The lowest BCUT2D eigenvalue weighted by Crippen LogP contribution is -2.57. The topological polar surface area (TPSA) is 67.6 Å². The van der Waals surface area contributed by atoms with Crippen LogP contribution in [-0.2, 0) is 4.74 Å². The van der Waals surface area contributed by atoms with Gasteiger partial charge in [0.25, 0.3) is 5.69 Å². The monoisotopic (exact) mass is 341 g/mol. The van der Waals surface area contributed by atoms with E-state index >= 15 is 0 Å². The van der Waals surface area contributed by atoms with E-state index in [1.54, 1.807) is 0 Å². The fraction of sp³-hybridized carbons (Fsp3) is 0.600. The van der Waals surface area contributed by atoms with Gasteiger partial charge < -0.3 is 10.1 Å². The number of nitrogens with one attached hydrogen (secondary N) is 1. The summed E-state index contributed by atoms with van der Waals surface area (Å²) in [6, 6.07) is 3.74. The van der Waals surface area contributed by atoms with Crippen molar-refractivity contribution in [2.75, 3.05) is 49.7 Å². The number of nitro benzene ring substituents is 1. The summed E-state index contributed by atoms with van der Waals surface area (Å²) in [5.41, 5.74) is 0.0929. The molecule has 0 amide bonds. The zero-order chi connectivity index (χ0) is 16.3. The molecule has 3 rings (SSSR count). The third-order valence-corrected chi connectivity index (χ3v) is 5.77. The van der Waals surface area contributed by atoms with Gasteiger partial charge in [-0.1, -0.05) is 0 Å². The summed E-state index contributed by atoms with van der Waals surface area (Å²) in [6.07, 6.45) is 1.05. The molecule has 0 spiro atoms. The first-order chi connectivity index (χ1) is 11.1. The molecule has 1 atom stereocenters. The Morgan fingerprint density at radius 2 is 2.22 bits per heavy atom. The molecule has 1 aromatic carbocycles. The maximum Gasteiger partial charge on any atom is 0.272 e. The number of hydrogen-bond acceptors (Lipinski definition) is 6. The summed E-state index contributed by atoms with van der Waals surface area (Å²) in [5, 5.41) is 13.9. The third kappa shape index (κ3) is 3.59. The molecule has 2 saturated heterocycles. The first-order valence-corrected chi connectivity index (χ1v) is 8.85. The number of ether oxygens (including phenoxy) is 1. The molecular formula is C15H20FN3O3S. The lowest BCUT2D eigenvalue weighted by Gasteiger charge is -2.43. The van der Waals surface area contributed by atoms with Gasteiger partial charge in [0.2, 0.25) is 0 Å². The average Bonchev–Trinajstić information content (AvgIpc) is 3.04. The van der Waals surface area contributed by atoms with Gasteiger partial charge in [0.05, 0.1) is 29.9 Å².